The third-order valence-corrected chi connectivity index (χ3v) is 5.04. The van der Waals surface area contributed by atoms with E-state index in [1.807, 2.05) is 0 Å². The summed E-state index contributed by atoms with van der Waals surface area (Å²) >= 11 is 0. The Bertz CT molecular complexity index is 466. The van der Waals surface area contributed by atoms with Crippen LogP contribution < -0.4 is 10.5 Å². The minimum absolute atomic E-state index is 0.178. The Hall–Kier alpha value is -1.02. The fourth-order valence-corrected chi connectivity index (χ4v) is 3.53. The molecule has 1 aliphatic heterocycles. The van der Waals surface area contributed by atoms with Crippen LogP contribution in [-0.4, -0.2) is 6.61 Å². The van der Waals surface area contributed by atoms with Crippen molar-refractivity contribution in [3.8, 4) is 5.75 Å². The highest BCUT2D eigenvalue weighted by atomic mass is 16.5. The molecule has 1 atom stereocenters. The second kappa shape index (κ2) is 3.99. The van der Waals surface area contributed by atoms with Gasteiger partial charge in [0.25, 0.3) is 0 Å². The number of ether oxygens (including phenoxy) is 1. The Labute approximate surface area is 110 Å². The summed E-state index contributed by atoms with van der Waals surface area (Å²) in [6.07, 6.45) is 5.89. The van der Waals surface area contributed by atoms with E-state index in [1.165, 1.54) is 30.4 Å². The van der Waals surface area contributed by atoms with Gasteiger partial charge in [0.05, 0.1) is 6.61 Å². The molecule has 0 aromatic heterocycles. The Balaban J connectivity index is 2.02. The third kappa shape index (κ3) is 1.66. The number of hydrogen-bond donors (Lipinski definition) is 1. The molecule has 18 heavy (non-hydrogen) atoms. The van der Waals surface area contributed by atoms with Gasteiger partial charge in [0.1, 0.15) is 5.75 Å². The van der Waals surface area contributed by atoms with Crippen LogP contribution in [0, 0.1) is 5.41 Å². The van der Waals surface area contributed by atoms with Gasteiger partial charge in [-0.15, -0.1) is 0 Å². The molecule has 1 saturated carbocycles. The summed E-state index contributed by atoms with van der Waals surface area (Å²) in [6.45, 7) is 5.45. The van der Waals surface area contributed by atoms with Crippen LogP contribution in [0.25, 0.3) is 0 Å². The quantitative estimate of drug-likeness (QED) is 0.823. The summed E-state index contributed by atoms with van der Waals surface area (Å²) in [7, 11) is 0. The lowest BCUT2D eigenvalue weighted by atomic mass is 9.61. The van der Waals surface area contributed by atoms with Crippen LogP contribution in [0.2, 0.25) is 0 Å². The van der Waals surface area contributed by atoms with Crippen molar-refractivity contribution < 1.29 is 4.74 Å². The van der Waals surface area contributed by atoms with Crippen molar-refractivity contribution in [2.45, 2.75) is 51.5 Å². The van der Waals surface area contributed by atoms with Gasteiger partial charge in [0, 0.05) is 12.0 Å². The number of hydrogen-bond acceptors (Lipinski definition) is 2. The molecule has 0 radical (unpaired) electrons. The molecule has 0 amide bonds. The molecule has 1 unspecified atom stereocenters. The van der Waals surface area contributed by atoms with Gasteiger partial charge in [-0.05, 0) is 35.4 Å². The van der Waals surface area contributed by atoms with Crippen molar-refractivity contribution in [3.05, 3.63) is 29.3 Å². The minimum Gasteiger partial charge on any atom is -0.493 e. The van der Waals surface area contributed by atoms with Gasteiger partial charge < -0.3 is 10.5 Å². The molecule has 0 saturated heterocycles. The highest BCUT2D eigenvalue weighted by molar-refractivity contribution is 5.43. The minimum atomic E-state index is -0.178. The van der Waals surface area contributed by atoms with Crippen LogP contribution in [0.15, 0.2) is 18.2 Å². The van der Waals surface area contributed by atoms with Crippen LogP contribution in [0.4, 0.5) is 0 Å². The molecule has 2 aliphatic rings. The fourth-order valence-electron chi connectivity index (χ4n) is 3.53. The topological polar surface area (TPSA) is 35.2 Å². The molecule has 1 heterocycles. The van der Waals surface area contributed by atoms with Crippen LogP contribution in [0.1, 0.15) is 50.7 Å². The summed E-state index contributed by atoms with van der Waals surface area (Å²) in [5.74, 6) is 1.05. The van der Waals surface area contributed by atoms with Gasteiger partial charge in [-0.25, -0.2) is 0 Å². The molecule has 2 heteroatoms. The first-order chi connectivity index (χ1) is 8.53. The maximum Gasteiger partial charge on any atom is 0.122 e. The fraction of sp³-hybridized carbons (Fsp3) is 0.625. The Morgan fingerprint density at radius 2 is 1.94 bits per heavy atom. The standard InChI is InChI=1S/C16H23NO/c1-15(2)8-3-4-9-16(15,17)13-5-6-14-12(11-13)7-10-18-14/h5-6,11H,3-4,7-10,17H2,1-2H3. The van der Waals surface area contributed by atoms with E-state index >= 15 is 0 Å². The van der Waals surface area contributed by atoms with Gasteiger partial charge in [0.2, 0.25) is 0 Å². The number of benzene rings is 1. The Morgan fingerprint density at radius 3 is 2.72 bits per heavy atom. The van der Waals surface area contributed by atoms with Gasteiger partial charge in [-0.1, -0.05) is 38.8 Å². The largest absolute Gasteiger partial charge is 0.493 e. The summed E-state index contributed by atoms with van der Waals surface area (Å²) in [5.41, 5.74) is 9.45. The number of fused-ring (bicyclic) bond motifs is 1. The highest BCUT2D eigenvalue weighted by Crippen LogP contribution is 2.49. The summed E-state index contributed by atoms with van der Waals surface area (Å²) in [5, 5.41) is 0. The Kier molecular flexibility index (Phi) is 2.67. The summed E-state index contributed by atoms with van der Waals surface area (Å²) in [6, 6.07) is 6.57. The first-order valence-electron chi connectivity index (χ1n) is 7.08. The lowest BCUT2D eigenvalue weighted by Crippen LogP contribution is -2.51. The van der Waals surface area contributed by atoms with E-state index in [9.17, 15) is 0 Å². The molecule has 98 valence electrons. The van der Waals surface area contributed by atoms with Crippen molar-refractivity contribution in [3.63, 3.8) is 0 Å². The zero-order valence-electron chi connectivity index (χ0n) is 11.5. The summed E-state index contributed by atoms with van der Waals surface area (Å²) in [4.78, 5) is 0. The van der Waals surface area contributed by atoms with E-state index in [4.69, 9.17) is 10.5 Å². The molecule has 3 rings (SSSR count). The van der Waals surface area contributed by atoms with E-state index in [0.717, 1.165) is 25.2 Å². The lowest BCUT2D eigenvalue weighted by Gasteiger charge is -2.48. The Morgan fingerprint density at radius 1 is 1.17 bits per heavy atom. The van der Waals surface area contributed by atoms with E-state index in [-0.39, 0.29) is 11.0 Å². The van der Waals surface area contributed by atoms with Gasteiger partial charge in [-0.2, -0.15) is 0 Å². The van der Waals surface area contributed by atoms with E-state index in [0.29, 0.717) is 0 Å². The number of rotatable bonds is 1. The smallest absolute Gasteiger partial charge is 0.122 e. The van der Waals surface area contributed by atoms with E-state index in [1.54, 1.807) is 0 Å². The van der Waals surface area contributed by atoms with Crippen molar-refractivity contribution in [2.75, 3.05) is 6.61 Å². The third-order valence-electron chi connectivity index (χ3n) is 5.04. The normalized spacial score (nSPS) is 29.7. The predicted octanol–water partition coefficient (Wildman–Crippen LogP) is 3.38. The van der Waals surface area contributed by atoms with Crippen LogP contribution in [0.3, 0.4) is 0 Å². The average molecular weight is 245 g/mol. The molecule has 0 spiro atoms. The van der Waals surface area contributed by atoms with Crippen LogP contribution >= 0.6 is 0 Å². The maximum absolute atomic E-state index is 6.81. The van der Waals surface area contributed by atoms with Crippen molar-refractivity contribution in [1.29, 1.82) is 0 Å². The molecule has 2 N–H and O–H groups in total. The summed E-state index contributed by atoms with van der Waals surface area (Å²) < 4.78 is 5.58. The van der Waals surface area contributed by atoms with Crippen LogP contribution in [0.5, 0.6) is 5.75 Å². The molecular weight excluding hydrogens is 222 g/mol. The molecule has 1 fully saturated rings. The zero-order valence-corrected chi connectivity index (χ0v) is 11.5. The lowest BCUT2D eigenvalue weighted by molar-refractivity contribution is 0.0978. The molecule has 1 aromatic rings. The first kappa shape index (κ1) is 12.0. The average Bonchev–Trinajstić information content (AvgIpc) is 2.80. The maximum atomic E-state index is 6.81. The monoisotopic (exact) mass is 245 g/mol. The van der Waals surface area contributed by atoms with Crippen molar-refractivity contribution >= 4 is 0 Å². The second-order valence-electron chi connectivity index (χ2n) is 6.48. The SMILES string of the molecule is CC1(C)CCCCC1(N)c1ccc2c(c1)CCO2. The molecule has 1 aliphatic carbocycles. The molecule has 2 nitrogen and oxygen atoms in total. The predicted molar refractivity (Wildman–Crippen MR) is 73.8 cm³/mol. The number of nitrogens with two attached hydrogens (primary N) is 1. The van der Waals surface area contributed by atoms with E-state index < -0.39 is 0 Å². The van der Waals surface area contributed by atoms with E-state index in [2.05, 4.69) is 32.0 Å². The van der Waals surface area contributed by atoms with Gasteiger partial charge >= 0.3 is 0 Å². The highest BCUT2D eigenvalue weighted by Gasteiger charge is 2.44. The zero-order chi connectivity index (χ0) is 12.8. The van der Waals surface area contributed by atoms with Gasteiger partial charge in [0.15, 0.2) is 0 Å². The molecule has 0 bridgehead atoms. The van der Waals surface area contributed by atoms with Crippen molar-refractivity contribution in [1.82, 2.24) is 0 Å². The van der Waals surface area contributed by atoms with Crippen molar-refractivity contribution in [2.24, 2.45) is 11.1 Å². The van der Waals surface area contributed by atoms with Crippen LogP contribution in [-0.2, 0) is 12.0 Å². The molecular formula is C16H23NO. The van der Waals surface area contributed by atoms with Gasteiger partial charge in [-0.3, -0.25) is 0 Å². The molecule has 1 aromatic carbocycles. The second-order valence-corrected chi connectivity index (χ2v) is 6.48. The first-order valence-corrected chi connectivity index (χ1v) is 7.08.